The molecule has 10 heteroatoms. The van der Waals surface area contributed by atoms with Crippen LogP contribution in [0.2, 0.25) is 10.0 Å². The maximum Gasteiger partial charge on any atom is 0.221 e. The van der Waals surface area contributed by atoms with E-state index >= 15 is 0 Å². The van der Waals surface area contributed by atoms with E-state index in [-0.39, 0.29) is 6.61 Å². The third-order valence-corrected chi connectivity index (χ3v) is 5.50. The first-order valence-electron chi connectivity index (χ1n) is 8.97. The van der Waals surface area contributed by atoms with E-state index in [2.05, 4.69) is 15.3 Å². The lowest BCUT2D eigenvalue weighted by Crippen LogP contribution is -1.96. The molecule has 0 atom stereocenters. The van der Waals surface area contributed by atoms with Crippen molar-refractivity contribution in [2.75, 3.05) is 5.75 Å². The van der Waals surface area contributed by atoms with Crippen molar-refractivity contribution in [2.45, 2.75) is 18.7 Å². The van der Waals surface area contributed by atoms with Gasteiger partial charge >= 0.3 is 0 Å². The van der Waals surface area contributed by atoms with Crippen molar-refractivity contribution in [3.8, 4) is 17.3 Å². The summed E-state index contributed by atoms with van der Waals surface area (Å²) >= 11 is 13.7. The van der Waals surface area contributed by atoms with Crippen LogP contribution >= 0.6 is 35.0 Å². The van der Waals surface area contributed by atoms with Gasteiger partial charge in [-0.15, -0.1) is 10.2 Å². The number of nitrogens with zero attached hydrogens (tertiary/aromatic N) is 4. The Morgan fingerprint density at radius 2 is 2.07 bits per heavy atom. The fourth-order valence-electron chi connectivity index (χ4n) is 2.55. The third kappa shape index (κ3) is 4.56. The molecule has 0 bridgehead atoms. The average molecular weight is 463 g/mol. The summed E-state index contributed by atoms with van der Waals surface area (Å²) in [5.41, 5.74) is 0. The van der Waals surface area contributed by atoms with Crippen molar-refractivity contribution < 1.29 is 13.6 Å². The van der Waals surface area contributed by atoms with Crippen molar-refractivity contribution in [1.29, 1.82) is 0 Å². The smallest absolute Gasteiger partial charge is 0.221 e. The first-order valence-corrected chi connectivity index (χ1v) is 10.7. The van der Waals surface area contributed by atoms with Gasteiger partial charge in [-0.05, 0) is 42.2 Å². The van der Waals surface area contributed by atoms with Crippen LogP contribution in [0.1, 0.15) is 18.4 Å². The Hall–Kier alpha value is -2.68. The van der Waals surface area contributed by atoms with E-state index in [1.54, 1.807) is 59.6 Å². The lowest BCUT2D eigenvalue weighted by molar-refractivity contribution is 0.270. The second-order valence-corrected chi connectivity index (χ2v) is 7.93. The van der Waals surface area contributed by atoms with E-state index in [1.165, 1.54) is 11.8 Å². The predicted octanol–water partition coefficient (Wildman–Crippen LogP) is 6.01. The van der Waals surface area contributed by atoms with Crippen LogP contribution in [-0.2, 0) is 6.61 Å². The zero-order valence-corrected chi connectivity index (χ0v) is 18.1. The Balaban J connectivity index is 1.50. The molecule has 0 aliphatic carbocycles. The molecular weight excluding hydrogens is 447 g/mol. The van der Waals surface area contributed by atoms with E-state index in [0.29, 0.717) is 44.1 Å². The highest BCUT2D eigenvalue weighted by atomic mass is 35.5. The highest BCUT2D eigenvalue weighted by Crippen LogP contribution is 2.32. The van der Waals surface area contributed by atoms with E-state index in [1.807, 2.05) is 6.92 Å². The second kappa shape index (κ2) is 9.42. The van der Waals surface area contributed by atoms with Crippen LogP contribution in [0.15, 0.2) is 67.8 Å². The lowest BCUT2D eigenvalue weighted by atomic mass is 10.3. The monoisotopic (exact) mass is 462 g/mol. The Morgan fingerprint density at radius 1 is 1.17 bits per heavy atom. The Labute approximate surface area is 186 Å². The van der Waals surface area contributed by atoms with Gasteiger partial charge in [0.2, 0.25) is 11.0 Å². The van der Waals surface area contributed by atoms with Crippen LogP contribution in [0, 0.1) is 0 Å². The van der Waals surface area contributed by atoms with Gasteiger partial charge in [-0.3, -0.25) is 0 Å². The number of halogens is 2. The first kappa shape index (κ1) is 20.6. The quantitative estimate of drug-likeness (QED) is 0.235. The highest BCUT2D eigenvalue weighted by molar-refractivity contribution is 7.99. The Bertz CT molecular complexity index is 1150. The molecule has 0 fully saturated rings. The fraction of sp³-hybridized carbons (Fsp3) is 0.150. The van der Waals surface area contributed by atoms with Crippen LogP contribution in [-0.4, -0.2) is 26.8 Å². The van der Waals surface area contributed by atoms with Gasteiger partial charge in [0.15, 0.2) is 5.76 Å². The van der Waals surface area contributed by atoms with Crippen molar-refractivity contribution in [1.82, 2.24) is 14.9 Å². The topological polar surface area (TPSA) is 78.6 Å². The summed E-state index contributed by atoms with van der Waals surface area (Å²) in [6.07, 6.45) is 3.17. The van der Waals surface area contributed by atoms with E-state index in [4.69, 9.17) is 36.8 Å². The van der Waals surface area contributed by atoms with Gasteiger partial charge in [-0.1, -0.05) is 48.0 Å². The second-order valence-electron chi connectivity index (χ2n) is 5.92. The number of hydrogen-bond acceptors (Lipinski definition) is 7. The largest absolute Gasteiger partial charge is 0.484 e. The summed E-state index contributed by atoms with van der Waals surface area (Å²) in [7, 11) is 0. The maximum absolute atomic E-state index is 6.14. The van der Waals surface area contributed by atoms with Crippen LogP contribution in [0.3, 0.4) is 0 Å². The predicted molar refractivity (Wildman–Crippen MR) is 117 cm³/mol. The maximum atomic E-state index is 6.14. The number of benzene rings is 1. The molecule has 0 radical (unpaired) electrons. The third-order valence-electron chi connectivity index (χ3n) is 3.90. The van der Waals surface area contributed by atoms with Gasteiger partial charge < -0.3 is 13.6 Å². The van der Waals surface area contributed by atoms with Crippen molar-refractivity contribution in [3.05, 3.63) is 70.3 Å². The number of ether oxygens (including phenoxy) is 1. The minimum Gasteiger partial charge on any atom is -0.484 e. The van der Waals surface area contributed by atoms with Gasteiger partial charge in [0.1, 0.15) is 28.9 Å². The van der Waals surface area contributed by atoms with Crippen LogP contribution in [0.5, 0.6) is 5.75 Å². The summed E-state index contributed by atoms with van der Waals surface area (Å²) < 4.78 is 18.5. The van der Waals surface area contributed by atoms with Gasteiger partial charge in [-0.25, -0.2) is 0 Å². The van der Waals surface area contributed by atoms with Crippen molar-refractivity contribution in [2.24, 2.45) is 5.10 Å². The molecule has 0 unspecified atom stereocenters. The number of thioether (sulfide) groups is 1. The van der Waals surface area contributed by atoms with Gasteiger partial charge in [-0.2, -0.15) is 9.78 Å². The molecule has 0 spiro atoms. The summed E-state index contributed by atoms with van der Waals surface area (Å²) in [6, 6.07) is 12.4. The number of rotatable bonds is 8. The molecule has 7 nitrogen and oxygen atoms in total. The van der Waals surface area contributed by atoms with Crippen molar-refractivity contribution >= 4 is 41.2 Å². The molecule has 30 heavy (non-hydrogen) atoms. The molecule has 3 heterocycles. The van der Waals surface area contributed by atoms with Gasteiger partial charge in [0.25, 0.3) is 0 Å². The number of hydrogen-bond donors (Lipinski definition) is 0. The molecule has 0 saturated heterocycles. The molecular formula is C20H16Cl2N4O3S. The fourth-order valence-corrected chi connectivity index (χ4v) is 3.51. The van der Waals surface area contributed by atoms with Gasteiger partial charge in [0.05, 0.1) is 17.5 Å². The first-order chi connectivity index (χ1) is 14.7. The molecule has 1 aromatic carbocycles. The van der Waals surface area contributed by atoms with E-state index in [9.17, 15) is 0 Å². The molecule has 3 aromatic heterocycles. The molecule has 154 valence electrons. The Kier molecular flexibility index (Phi) is 6.47. The highest BCUT2D eigenvalue weighted by Gasteiger charge is 2.15. The molecule has 0 aliphatic heterocycles. The molecule has 0 N–H and O–H groups in total. The van der Waals surface area contributed by atoms with Crippen LogP contribution < -0.4 is 4.74 Å². The van der Waals surface area contributed by atoms with Crippen LogP contribution in [0.4, 0.5) is 0 Å². The van der Waals surface area contributed by atoms with Gasteiger partial charge in [0, 0.05) is 0 Å². The van der Waals surface area contributed by atoms with Crippen molar-refractivity contribution in [3.63, 3.8) is 0 Å². The summed E-state index contributed by atoms with van der Waals surface area (Å²) in [4.78, 5) is 0. The number of aromatic nitrogens is 3. The standard InChI is InChI=1S/C20H16Cl2N4O3S/c1-2-30-20-25-24-19(17-7-4-10-27-17)26(20)23-11-13-8-9-14(29-13)12-28-16-6-3-5-15(21)18(16)22/h3-11H,2,12H2,1H3/b23-11-. The summed E-state index contributed by atoms with van der Waals surface area (Å²) in [6.45, 7) is 2.24. The molecule has 0 saturated carbocycles. The summed E-state index contributed by atoms with van der Waals surface area (Å²) in [5.74, 6) is 3.58. The molecule has 4 aromatic rings. The minimum atomic E-state index is 0.203. The zero-order valence-electron chi connectivity index (χ0n) is 15.8. The minimum absolute atomic E-state index is 0.203. The van der Waals surface area contributed by atoms with E-state index in [0.717, 1.165) is 5.75 Å². The normalized spacial score (nSPS) is 11.4. The van der Waals surface area contributed by atoms with Crippen LogP contribution in [0.25, 0.3) is 11.6 Å². The molecule has 0 aliphatic rings. The SMILES string of the molecule is CCSc1nnc(-c2ccco2)n1/N=C\c1ccc(COc2cccc(Cl)c2Cl)o1. The number of furan rings is 2. The van der Waals surface area contributed by atoms with E-state index < -0.39 is 0 Å². The zero-order chi connectivity index (χ0) is 20.9. The summed E-state index contributed by atoms with van der Waals surface area (Å²) in [5, 5.41) is 14.3. The Morgan fingerprint density at radius 3 is 2.87 bits per heavy atom. The molecule has 0 amide bonds. The lowest BCUT2D eigenvalue weighted by Gasteiger charge is -2.07. The average Bonchev–Trinajstić information content (AvgIpc) is 3.49. The molecule has 4 rings (SSSR count).